The molecule has 0 radical (unpaired) electrons. The first-order chi connectivity index (χ1) is 3.30. The van der Waals surface area contributed by atoms with E-state index in [9.17, 15) is 0 Å². The number of hydrogen-bond donors (Lipinski definition) is 0. The van der Waals surface area contributed by atoms with Crippen molar-refractivity contribution < 1.29 is 21.2 Å². The monoisotopic (exact) mass is 211 g/mol. The second-order valence-corrected chi connectivity index (χ2v) is 6.21. The zero-order valence-corrected chi connectivity index (χ0v) is 7.10. The molecular formula is C6H12I-. The molecule has 0 aromatic heterocycles. The van der Waals surface area contributed by atoms with Crippen molar-refractivity contribution in [2.24, 2.45) is 5.92 Å². The third-order valence-electron chi connectivity index (χ3n) is 1.70. The van der Waals surface area contributed by atoms with Crippen LogP contribution in [0.1, 0.15) is 20.3 Å². The van der Waals surface area contributed by atoms with Crippen molar-refractivity contribution >= 4 is 0 Å². The van der Waals surface area contributed by atoms with E-state index in [1.54, 1.807) is 4.43 Å². The fraction of sp³-hybridized carbons (Fsp3) is 1.00. The number of halogens is 1. The zero-order chi connectivity index (χ0) is 5.28. The van der Waals surface area contributed by atoms with E-state index in [1.165, 1.54) is 6.42 Å². The predicted molar refractivity (Wildman–Crippen MR) is 28.1 cm³/mol. The molecule has 0 N–H and O–H groups in total. The Hall–Kier alpha value is 0.730. The van der Waals surface area contributed by atoms with E-state index in [4.69, 9.17) is 0 Å². The van der Waals surface area contributed by atoms with Crippen LogP contribution in [0.15, 0.2) is 0 Å². The van der Waals surface area contributed by atoms with Crippen molar-refractivity contribution in [1.29, 1.82) is 0 Å². The van der Waals surface area contributed by atoms with Gasteiger partial charge in [0.2, 0.25) is 0 Å². The molecule has 1 rings (SSSR count). The first-order valence-corrected chi connectivity index (χ1v) is 5.65. The molecule has 7 heavy (non-hydrogen) atoms. The maximum absolute atomic E-state index is 2.41. The quantitative estimate of drug-likeness (QED) is 0.338. The molecule has 0 aromatic rings. The van der Waals surface area contributed by atoms with Gasteiger partial charge < -0.3 is 0 Å². The molecule has 0 nitrogen and oxygen atoms in total. The first kappa shape index (κ1) is 5.86. The summed E-state index contributed by atoms with van der Waals surface area (Å²) in [5.74, 6) is 1.06. The Bertz CT molecular complexity index is 53.2. The SMILES string of the molecule is CC1CC[I-][C@H]1C. The molecule has 0 bridgehead atoms. The Balaban J connectivity index is 2.33. The van der Waals surface area contributed by atoms with E-state index in [1.807, 2.05) is 0 Å². The van der Waals surface area contributed by atoms with Crippen molar-refractivity contribution in [1.82, 2.24) is 0 Å². The molecule has 0 aromatic carbocycles. The van der Waals surface area contributed by atoms with Crippen molar-refractivity contribution in [2.45, 2.75) is 24.2 Å². The second kappa shape index (κ2) is 2.33. The van der Waals surface area contributed by atoms with Crippen LogP contribution in [0.3, 0.4) is 0 Å². The summed E-state index contributed by atoms with van der Waals surface area (Å²) in [6.45, 7) is 4.79. The molecular weight excluding hydrogens is 199 g/mol. The van der Waals surface area contributed by atoms with Crippen LogP contribution in [-0.4, -0.2) is 8.35 Å². The van der Waals surface area contributed by atoms with E-state index < -0.39 is 0 Å². The fourth-order valence-electron chi connectivity index (χ4n) is 0.789. The van der Waals surface area contributed by atoms with Gasteiger partial charge in [0.1, 0.15) is 0 Å². The van der Waals surface area contributed by atoms with Crippen LogP contribution in [0.5, 0.6) is 0 Å². The summed E-state index contributed by atoms with van der Waals surface area (Å²) in [7, 11) is 0. The number of alkyl halides is 2. The number of rotatable bonds is 0. The third-order valence-corrected chi connectivity index (χ3v) is 5.56. The molecule has 0 spiro atoms. The first-order valence-electron chi connectivity index (χ1n) is 2.88. The molecule has 1 heteroatoms. The molecule has 1 aliphatic rings. The van der Waals surface area contributed by atoms with Gasteiger partial charge in [-0.05, 0) is 0 Å². The molecule has 2 atom stereocenters. The molecule has 1 heterocycles. The van der Waals surface area contributed by atoms with Gasteiger partial charge in [-0.1, -0.05) is 0 Å². The molecule has 1 aliphatic heterocycles. The van der Waals surface area contributed by atoms with E-state index >= 15 is 0 Å². The van der Waals surface area contributed by atoms with Gasteiger partial charge in [-0.25, -0.2) is 0 Å². The average Bonchev–Trinajstić information content (AvgIpc) is 1.91. The summed E-state index contributed by atoms with van der Waals surface area (Å²) < 4.78 is 2.71. The van der Waals surface area contributed by atoms with Gasteiger partial charge in [0, 0.05) is 0 Å². The van der Waals surface area contributed by atoms with Crippen LogP contribution in [0.2, 0.25) is 0 Å². The summed E-state index contributed by atoms with van der Waals surface area (Å²) in [5.41, 5.74) is 0. The molecule has 0 amide bonds. The minimum atomic E-state index is 0.639. The summed E-state index contributed by atoms with van der Waals surface area (Å²) in [4.78, 5) is 0. The molecule has 1 saturated heterocycles. The fourth-order valence-corrected chi connectivity index (χ4v) is 4.34. The van der Waals surface area contributed by atoms with Crippen molar-refractivity contribution in [2.75, 3.05) is 4.43 Å². The minimum absolute atomic E-state index is 0.639. The van der Waals surface area contributed by atoms with Gasteiger partial charge in [-0.2, -0.15) is 0 Å². The summed E-state index contributed by atoms with van der Waals surface area (Å²) in [5, 5.41) is 0. The summed E-state index contributed by atoms with van der Waals surface area (Å²) in [6, 6.07) is 0. The molecule has 0 saturated carbocycles. The van der Waals surface area contributed by atoms with E-state index in [-0.39, 0.29) is 0 Å². The zero-order valence-electron chi connectivity index (χ0n) is 4.95. The van der Waals surface area contributed by atoms with Gasteiger partial charge in [0.15, 0.2) is 0 Å². The Kier molecular flexibility index (Phi) is 1.95. The van der Waals surface area contributed by atoms with Gasteiger partial charge in [-0.15, -0.1) is 0 Å². The van der Waals surface area contributed by atoms with Crippen molar-refractivity contribution in [3.8, 4) is 0 Å². The Morgan fingerprint density at radius 3 is 2.29 bits per heavy atom. The van der Waals surface area contributed by atoms with Crippen LogP contribution in [-0.2, 0) is 0 Å². The molecule has 1 fully saturated rings. The summed E-state index contributed by atoms with van der Waals surface area (Å²) >= 11 is 0.639. The van der Waals surface area contributed by atoms with Gasteiger partial charge in [0.05, 0.1) is 0 Å². The number of hydrogen-bond acceptors (Lipinski definition) is 0. The summed E-state index contributed by atoms with van der Waals surface area (Å²) in [6.07, 6.45) is 1.52. The van der Waals surface area contributed by atoms with E-state index in [2.05, 4.69) is 13.8 Å². The average molecular weight is 211 g/mol. The van der Waals surface area contributed by atoms with Gasteiger partial charge >= 0.3 is 55.7 Å². The van der Waals surface area contributed by atoms with Crippen LogP contribution in [0.4, 0.5) is 0 Å². The Morgan fingerprint density at radius 2 is 2.14 bits per heavy atom. The third kappa shape index (κ3) is 1.31. The molecule has 44 valence electrons. The standard InChI is InChI=1S/C6H12I/c1-5-3-4-7-6(5)2/h5-6H,3-4H2,1-2H3/q-1/t5?,6-/m0/s1. The molecule has 1 unspecified atom stereocenters. The maximum atomic E-state index is 2.41. The van der Waals surface area contributed by atoms with Crippen molar-refractivity contribution in [3.63, 3.8) is 0 Å². The van der Waals surface area contributed by atoms with Crippen LogP contribution >= 0.6 is 0 Å². The normalized spacial score (nSPS) is 43.1. The van der Waals surface area contributed by atoms with Crippen LogP contribution in [0, 0.1) is 5.92 Å². The van der Waals surface area contributed by atoms with E-state index in [0.717, 1.165) is 9.84 Å². The van der Waals surface area contributed by atoms with E-state index in [0.29, 0.717) is 21.2 Å². The topological polar surface area (TPSA) is 0 Å². The Labute approximate surface area is 55.9 Å². The van der Waals surface area contributed by atoms with Gasteiger partial charge in [-0.3, -0.25) is 0 Å². The van der Waals surface area contributed by atoms with Crippen molar-refractivity contribution in [3.05, 3.63) is 0 Å². The Morgan fingerprint density at radius 1 is 1.43 bits per heavy atom. The predicted octanol–water partition coefficient (Wildman–Crippen LogP) is -1.50. The second-order valence-electron chi connectivity index (χ2n) is 2.29. The van der Waals surface area contributed by atoms with Crippen LogP contribution < -0.4 is 21.2 Å². The molecule has 0 aliphatic carbocycles. The van der Waals surface area contributed by atoms with Gasteiger partial charge in [0.25, 0.3) is 0 Å². The van der Waals surface area contributed by atoms with Crippen LogP contribution in [0.25, 0.3) is 0 Å².